The van der Waals surface area contributed by atoms with Crippen molar-refractivity contribution in [2.45, 2.75) is 0 Å². The molecule has 0 aliphatic carbocycles. The second kappa shape index (κ2) is 4.41. The van der Waals surface area contributed by atoms with E-state index < -0.39 is 0 Å². The highest BCUT2D eigenvalue weighted by atomic mass is 16.5. The maximum Gasteiger partial charge on any atom is 0.146 e. The Morgan fingerprint density at radius 2 is 2.19 bits per heavy atom. The van der Waals surface area contributed by atoms with Gasteiger partial charge in [0.25, 0.3) is 0 Å². The van der Waals surface area contributed by atoms with Crippen LogP contribution in [-0.2, 0) is 0 Å². The number of nitrogens with zero attached hydrogens (tertiary/aromatic N) is 3. The molecule has 0 atom stereocenters. The first-order valence-electron chi connectivity index (χ1n) is 4.69. The lowest BCUT2D eigenvalue weighted by Gasteiger charge is -2.06. The van der Waals surface area contributed by atoms with E-state index in [1.807, 2.05) is 6.07 Å². The van der Waals surface area contributed by atoms with E-state index in [-0.39, 0.29) is 0 Å². The monoisotopic (exact) mass is 211 g/mol. The van der Waals surface area contributed by atoms with E-state index in [1.54, 1.807) is 37.8 Å². The van der Waals surface area contributed by atoms with Gasteiger partial charge in [0.05, 0.1) is 30.6 Å². The van der Waals surface area contributed by atoms with Gasteiger partial charge in [0.2, 0.25) is 0 Å². The minimum absolute atomic E-state index is 0.573. The van der Waals surface area contributed by atoms with E-state index >= 15 is 0 Å². The number of methoxy groups -OCH3 is 1. The van der Waals surface area contributed by atoms with Crippen molar-refractivity contribution < 1.29 is 4.74 Å². The molecule has 0 aliphatic rings. The second-order valence-electron chi connectivity index (χ2n) is 3.12. The summed E-state index contributed by atoms with van der Waals surface area (Å²) in [5, 5.41) is 8.81. The van der Waals surface area contributed by atoms with E-state index in [4.69, 9.17) is 10.00 Å². The fourth-order valence-electron chi connectivity index (χ4n) is 1.40. The largest absolute Gasteiger partial charge is 0.494 e. The van der Waals surface area contributed by atoms with Crippen LogP contribution in [0.1, 0.15) is 5.56 Å². The third-order valence-electron chi connectivity index (χ3n) is 2.17. The highest BCUT2D eigenvalue weighted by Gasteiger charge is 2.06. The number of nitriles is 1. The summed E-state index contributed by atoms with van der Waals surface area (Å²) in [6.45, 7) is 0. The van der Waals surface area contributed by atoms with Gasteiger partial charge in [0, 0.05) is 18.0 Å². The molecule has 0 unspecified atom stereocenters. The average Bonchev–Trinajstić information content (AvgIpc) is 2.38. The molecular weight excluding hydrogens is 202 g/mol. The SMILES string of the molecule is COc1cnccc1-c1cc(C#N)ccn1. The van der Waals surface area contributed by atoms with Gasteiger partial charge in [-0.15, -0.1) is 0 Å². The Morgan fingerprint density at radius 1 is 1.31 bits per heavy atom. The lowest BCUT2D eigenvalue weighted by atomic mass is 10.1. The molecule has 0 spiro atoms. The van der Waals surface area contributed by atoms with Gasteiger partial charge in [-0.3, -0.25) is 9.97 Å². The lowest BCUT2D eigenvalue weighted by Crippen LogP contribution is -1.91. The van der Waals surface area contributed by atoms with Crippen LogP contribution < -0.4 is 4.74 Å². The van der Waals surface area contributed by atoms with Gasteiger partial charge < -0.3 is 4.74 Å². The van der Waals surface area contributed by atoms with Gasteiger partial charge in [0.15, 0.2) is 0 Å². The fraction of sp³-hybridized carbons (Fsp3) is 0.0833. The zero-order valence-corrected chi connectivity index (χ0v) is 8.71. The van der Waals surface area contributed by atoms with Crippen molar-refractivity contribution in [2.24, 2.45) is 0 Å². The van der Waals surface area contributed by atoms with Crippen molar-refractivity contribution in [3.63, 3.8) is 0 Å². The molecule has 78 valence electrons. The average molecular weight is 211 g/mol. The highest BCUT2D eigenvalue weighted by Crippen LogP contribution is 2.27. The quantitative estimate of drug-likeness (QED) is 0.762. The van der Waals surface area contributed by atoms with Gasteiger partial charge in [-0.1, -0.05) is 0 Å². The molecule has 2 aromatic rings. The third-order valence-corrected chi connectivity index (χ3v) is 2.17. The Morgan fingerprint density at radius 3 is 2.94 bits per heavy atom. The van der Waals surface area contributed by atoms with Gasteiger partial charge in [-0.05, 0) is 18.2 Å². The van der Waals surface area contributed by atoms with Crippen molar-refractivity contribution in [2.75, 3.05) is 7.11 Å². The smallest absolute Gasteiger partial charge is 0.146 e. The summed E-state index contributed by atoms with van der Waals surface area (Å²) in [4.78, 5) is 8.17. The van der Waals surface area contributed by atoms with E-state index in [1.165, 1.54) is 0 Å². The van der Waals surface area contributed by atoms with E-state index in [2.05, 4.69) is 16.0 Å². The topological polar surface area (TPSA) is 58.8 Å². The first kappa shape index (κ1) is 10.1. The summed E-state index contributed by atoms with van der Waals surface area (Å²) in [5.74, 6) is 0.644. The molecule has 0 fully saturated rings. The molecule has 2 rings (SSSR count). The molecule has 0 bridgehead atoms. The van der Waals surface area contributed by atoms with Crippen LogP contribution in [0.15, 0.2) is 36.8 Å². The summed E-state index contributed by atoms with van der Waals surface area (Å²) in [6, 6.07) is 7.27. The van der Waals surface area contributed by atoms with Crippen molar-refractivity contribution in [3.8, 4) is 23.1 Å². The van der Waals surface area contributed by atoms with E-state index in [0.717, 1.165) is 5.56 Å². The Hall–Kier alpha value is -2.41. The number of pyridine rings is 2. The summed E-state index contributed by atoms with van der Waals surface area (Å²) in [7, 11) is 1.58. The molecule has 2 heterocycles. The Bertz CT molecular complexity index is 546. The maximum atomic E-state index is 8.81. The van der Waals surface area contributed by atoms with Crippen LogP contribution in [0.4, 0.5) is 0 Å². The number of hydrogen-bond donors (Lipinski definition) is 0. The van der Waals surface area contributed by atoms with Crippen LogP contribution in [0.2, 0.25) is 0 Å². The third kappa shape index (κ3) is 1.84. The van der Waals surface area contributed by atoms with Crippen LogP contribution in [0.3, 0.4) is 0 Å². The van der Waals surface area contributed by atoms with Crippen molar-refractivity contribution >= 4 is 0 Å². The minimum Gasteiger partial charge on any atom is -0.494 e. The molecule has 0 radical (unpaired) electrons. The first-order chi connectivity index (χ1) is 7.85. The zero-order valence-electron chi connectivity index (χ0n) is 8.71. The van der Waals surface area contributed by atoms with Crippen molar-refractivity contribution in [1.82, 2.24) is 9.97 Å². The standard InChI is InChI=1S/C12H9N3O/c1-16-12-8-14-4-3-10(12)11-6-9(7-13)2-5-15-11/h2-6,8H,1H3. The highest BCUT2D eigenvalue weighted by molar-refractivity contribution is 5.67. The van der Waals surface area contributed by atoms with Crippen LogP contribution in [0, 0.1) is 11.3 Å². The van der Waals surface area contributed by atoms with Crippen LogP contribution in [-0.4, -0.2) is 17.1 Å². The Balaban J connectivity index is 2.54. The molecule has 0 saturated heterocycles. The van der Waals surface area contributed by atoms with Gasteiger partial charge in [-0.25, -0.2) is 0 Å². The Kier molecular flexibility index (Phi) is 2.79. The second-order valence-corrected chi connectivity index (χ2v) is 3.12. The number of ether oxygens (including phenoxy) is 1. The van der Waals surface area contributed by atoms with Crippen LogP contribution >= 0.6 is 0 Å². The minimum atomic E-state index is 0.573. The predicted octanol–water partition coefficient (Wildman–Crippen LogP) is 2.02. The summed E-state index contributed by atoms with van der Waals surface area (Å²) < 4.78 is 5.19. The van der Waals surface area contributed by atoms with E-state index in [0.29, 0.717) is 17.0 Å². The lowest BCUT2D eigenvalue weighted by molar-refractivity contribution is 0.414. The zero-order chi connectivity index (χ0) is 11.4. The number of hydrogen-bond acceptors (Lipinski definition) is 4. The van der Waals surface area contributed by atoms with Crippen molar-refractivity contribution in [1.29, 1.82) is 5.26 Å². The number of rotatable bonds is 2. The molecule has 0 aromatic carbocycles. The predicted molar refractivity (Wildman–Crippen MR) is 58.7 cm³/mol. The van der Waals surface area contributed by atoms with Crippen LogP contribution in [0.25, 0.3) is 11.3 Å². The van der Waals surface area contributed by atoms with Gasteiger partial charge in [0.1, 0.15) is 5.75 Å². The summed E-state index contributed by atoms with van der Waals surface area (Å²) in [6.07, 6.45) is 4.89. The van der Waals surface area contributed by atoms with Crippen molar-refractivity contribution in [3.05, 3.63) is 42.4 Å². The molecule has 0 saturated carbocycles. The summed E-state index contributed by atoms with van der Waals surface area (Å²) in [5.41, 5.74) is 2.11. The molecule has 4 nitrogen and oxygen atoms in total. The molecule has 0 amide bonds. The fourth-order valence-corrected chi connectivity index (χ4v) is 1.40. The molecule has 16 heavy (non-hydrogen) atoms. The maximum absolute atomic E-state index is 8.81. The van der Waals surface area contributed by atoms with Gasteiger partial charge >= 0.3 is 0 Å². The molecule has 4 heteroatoms. The Labute approximate surface area is 93.2 Å². The van der Waals surface area contributed by atoms with Crippen LogP contribution in [0.5, 0.6) is 5.75 Å². The van der Waals surface area contributed by atoms with Gasteiger partial charge in [-0.2, -0.15) is 5.26 Å². The summed E-state index contributed by atoms with van der Waals surface area (Å²) >= 11 is 0. The normalized spacial score (nSPS) is 9.50. The number of aromatic nitrogens is 2. The molecule has 0 N–H and O–H groups in total. The first-order valence-corrected chi connectivity index (χ1v) is 4.69. The molecular formula is C12H9N3O. The molecule has 2 aromatic heterocycles. The van der Waals surface area contributed by atoms with E-state index in [9.17, 15) is 0 Å². The molecule has 0 aliphatic heterocycles.